The van der Waals surface area contributed by atoms with Gasteiger partial charge in [0, 0.05) is 10.5 Å². The minimum Gasteiger partial charge on any atom is -0.395 e. The van der Waals surface area contributed by atoms with Crippen LogP contribution < -0.4 is 5.32 Å². The molecule has 104 valence electrons. The van der Waals surface area contributed by atoms with Crippen molar-refractivity contribution in [2.24, 2.45) is 0 Å². The summed E-state index contributed by atoms with van der Waals surface area (Å²) >= 11 is 3.45. The highest BCUT2D eigenvalue weighted by Crippen LogP contribution is 2.23. The zero-order valence-electron chi connectivity index (χ0n) is 11.0. The Bertz CT molecular complexity index is 465. The number of rotatable bonds is 4. The molecule has 19 heavy (non-hydrogen) atoms. The van der Waals surface area contributed by atoms with Gasteiger partial charge in [-0.15, -0.1) is 0 Å². The molecule has 1 atom stereocenters. The minimum atomic E-state index is -0.0371. The molecule has 0 saturated carbocycles. The molecule has 0 aliphatic carbocycles. The van der Waals surface area contributed by atoms with Gasteiger partial charge in [-0.2, -0.15) is 0 Å². The van der Waals surface area contributed by atoms with E-state index < -0.39 is 0 Å². The first-order valence-electron chi connectivity index (χ1n) is 6.51. The van der Waals surface area contributed by atoms with Crippen LogP contribution in [-0.2, 0) is 4.79 Å². The molecule has 0 aromatic heterocycles. The second-order valence-corrected chi connectivity index (χ2v) is 5.83. The lowest BCUT2D eigenvalue weighted by Crippen LogP contribution is -2.38. The smallest absolute Gasteiger partial charge is 0.238 e. The van der Waals surface area contributed by atoms with E-state index in [4.69, 9.17) is 0 Å². The topological polar surface area (TPSA) is 52.6 Å². The highest BCUT2D eigenvalue weighted by Gasteiger charge is 2.25. The quantitative estimate of drug-likeness (QED) is 0.891. The Balaban J connectivity index is 1.94. The maximum atomic E-state index is 12.0. The van der Waals surface area contributed by atoms with Crippen molar-refractivity contribution in [3.63, 3.8) is 0 Å². The number of carbonyl (C=O) groups is 1. The Labute approximate surface area is 121 Å². The molecule has 1 aliphatic rings. The van der Waals surface area contributed by atoms with Crippen molar-refractivity contribution >= 4 is 27.5 Å². The van der Waals surface area contributed by atoms with E-state index in [9.17, 15) is 9.90 Å². The third-order valence-electron chi connectivity index (χ3n) is 3.46. The number of anilines is 1. The maximum Gasteiger partial charge on any atom is 0.238 e. The van der Waals surface area contributed by atoms with Crippen LogP contribution in [0.4, 0.5) is 5.69 Å². The zero-order chi connectivity index (χ0) is 13.8. The van der Waals surface area contributed by atoms with E-state index in [1.165, 1.54) is 0 Å². The average molecular weight is 327 g/mol. The van der Waals surface area contributed by atoms with Crippen LogP contribution in [0.1, 0.15) is 18.4 Å². The van der Waals surface area contributed by atoms with Crippen molar-refractivity contribution < 1.29 is 9.90 Å². The van der Waals surface area contributed by atoms with Crippen LogP contribution >= 0.6 is 15.9 Å². The molecule has 0 bridgehead atoms. The molecule has 1 aliphatic heterocycles. The van der Waals surface area contributed by atoms with Gasteiger partial charge < -0.3 is 10.4 Å². The van der Waals surface area contributed by atoms with Crippen molar-refractivity contribution in [1.82, 2.24) is 4.90 Å². The first-order chi connectivity index (χ1) is 9.10. The molecule has 2 N–H and O–H groups in total. The van der Waals surface area contributed by atoms with Gasteiger partial charge in [-0.3, -0.25) is 9.69 Å². The number of aliphatic hydroxyl groups excluding tert-OH is 1. The van der Waals surface area contributed by atoms with Gasteiger partial charge in [0.05, 0.1) is 18.8 Å². The number of nitrogens with one attached hydrogen (secondary N) is 1. The minimum absolute atomic E-state index is 0.0371. The molecule has 1 saturated heterocycles. The number of aryl methyl sites for hydroxylation is 1. The Morgan fingerprint density at radius 2 is 2.37 bits per heavy atom. The second-order valence-electron chi connectivity index (χ2n) is 4.98. The number of hydrogen-bond acceptors (Lipinski definition) is 3. The summed E-state index contributed by atoms with van der Waals surface area (Å²) < 4.78 is 0.890. The van der Waals surface area contributed by atoms with E-state index in [2.05, 4.69) is 21.2 Å². The average Bonchev–Trinajstić information content (AvgIpc) is 2.80. The lowest BCUT2D eigenvalue weighted by molar-refractivity contribution is -0.117. The number of hydrogen-bond donors (Lipinski definition) is 2. The lowest BCUT2D eigenvalue weighted by atomic mass is 10.2. The van der Waals surface area contributed by atoms with E-state index in [0.717, 1.165) is 35.1 Å². The second kappa shape index (κ2) is 6.50. The molecule has 0 spiro atoms. The molecular weight excluding hydrogens is 308 g/mol. The molecule has 1 aromatic rings. The molecule has 1 fully saturated rings. The molecule has 4 nitrogen and oxygen atoms in total. The Morgan fingerprint density at radius 3 is 3.05 bits per heavy atom. The van der Waals surface area contributed by atoms with Gasteiger partial charge >= 0.3 is 0 Å². The number of nitrogens with zero attached hydrogens (tertiary/aromatic N) is 1. The monoisotopic (exact) mass is 326 g/mol. The van der Waals surface area contributed by atoms with E-state index in [1.54, 1.807) is 0 Å². The fourth-order valence-corrected chi connectivity index (χ4v) is 3.00. The summed E-state index contributed by atoms with van der Waals surface area (Å²) in [6.45, 7) is 3.35. The molecule has 1 heterocycles. The van der Waals surface area contributed by atoms with Crippen molar-refractivity contribution in [3.8, 4) is 0 Å². The van der Waals surface area contributed by atoms with Crippen LogP contribution in [0.5, 0.6) is 0 Å². The summed E-state index contributed by atoms with van der Waals surface area (Å²) in [4.78, 5) is 14.1. The molecule has 1 aromatic carbocycles. The molecule has 1 amide bonds. The van der Waals surface area contributed by atoms with Gasteiger partial charge in [-0.1, -0.05) is 6.07 Å². The van der Waals surface area contributed by atoms with E-state index in [1.807, 2.05) is 30.0 Å². The Morgan fingerprint density at radius 1 is 1.58 bits per heavy atom. The highest BCUT2D eigenvalue weighted by molar-refractivity contribution is 9.10. The van der Waals surface area contributed by atoms with Crippen molar-refractivity contribution in [2.75, 3.05) is 25.0 Å². The van der Waals surface area contributed by atoms with Crippen LogP contribution in [0.25, 0.3) is 0 Å². The van der Waals surface area contributed by atoms with Crippen molar-refractivity contribution in [1.29, 1.82) is 0 Å². The highest BCUT2D eigenvalue weighted by atomic mass is 79.9. The lowest BCUT2D eigenvalue weighted by Gasteiger charge is -2.22. The normalized spacial score (nSPS) is 19.6. The fraction of sp³-hybridized carbons (Fsp3) is 0.500. The summed E-state index contributed by atoms with van der Waals surface area (Å²) in [5.74, 6) is -0.0371. The first kappa shape index (κ1) is 14.5. The third kappa shape index (κ3) is 3.78. The maximum absolute atomic E-state index is 12.0. The summed E-state index contributed by atoms with van der Waals surface area (Å²) in [7, 11) is 0. The van der Waals surface area contributed by atoms with Crippen LogP contribution in [0.3, 0.4) is 0 Å². The van der Waals surface area contributed by atoms with Gasteiger partial charge in [0.25, 0.3) is 0 Å². The van der Waals surface area contributed by atoms with Crippen LogP contribution in [-0.4, -0.2) is 41.7 Å². The zero-order valence-corrected chi connectivity index (χ0v) is 12.6. The summed E-state index contributed by atoms with van der Waals surface area (Å²) in [6, 6.07) is 5.96. The predicted octanol–water partition coefficient (Wildman–Crippen LogP) is 2.15. The molecule has 0 unspecified atom stereocenters. The van der Waals surface area contributed by atoms with E-state index >= 15 is 0 Å². The Hall–Kier alpha value is -0.910. The standard InChI is InChI=1S/C14H19BrN2O2/c1-10-4-5-13(12(15)7-10)16-14(19)8-17-6-2-3-11(17)9-18/h4-5,7,11,18H,2-3,6,8-9H2,1H3,(H,16,19)/t11-/m1/s1. The summed E-state index contributed by atoms with van der Waals surface area (Å²) in [6.07, 6.45) is 2.02. The predicted molar refractivity (Wildman–Crippen MR) is 79.2 cm³/mol. The van der Waals surface area contributed by atoms with E-state index in [-0.39, 0.29) is 18.6 Å². The number of aliphatic hydroxyl groups is 1. The summed E-state index contributed by atoms with van der Waals surface area (Å²) in [5, 5.41) is 12.1. The van der Waals surface area contributed by atoms with Gasteiger partial charge in [0.15, 0.2) is 0 Å². The van der Waals surface area contributed by atoms with Crippen LogP contribution in [0, 0.1) is 6.92 Å². The molecular formula is C14H19BrN2O2. The molecule has 0 radical (unpaired) electrons. The number of likely N-dealkylation sites (tertiary alicyclic amines) is 1. The number of benzene rings is 1. The number of carbonyl (C=O) groups excluding carboxylic acids is 1. The molecule has 5 heteroatoms. The molecule has 2 rings (SSSR count). The SMILES string of the molecule is Cc1ccc(NC(=O)CN2CCC[C@@H]2CO)c(Br)c1. The van der Waals surface area contributed by atoms with Crippen molar-refractivity contribution in [3.05, 3.63) is 28.2 Å². The number of halogens is 1. The largest absolute Gasteiger partial charge is 0.395 e. The van der Waals surface area contributed by atoms with Gasteiger partial charge in [-0.05, 0) is 59.9 Å². The van der Waals surface area contributed by atoms with Gasteiger partial charge in [0.1, 0.15) is 0 Å². The third-order valence-corrected chi connectivity index (χ3v) is 4.11. The first-order valence-corrected chi connectivity index (χ1v) is 7.30. The van der Waals surface area contributed by atoms with Crippen LogP contribution in [0.15, 0.2) is 22.7 Å². The fourth-order valence-electron chi connectivity index (χ4n) is 2.41. The van der Waals surface area contributed by atoms with Crippen LogP contribution in [0.2, 0.25) is 0 Å². The summed E-state index contributed by atoms with van der Waals surface area (Å²) in [5.41, 5.74) is 1.93. The Kier molecular flexibility index (Phi) is 4.96. The number of amides is 1. The van der Waals surface area contributed by atoms with E-state index in [0.29, 0.717) is 6.54 Å². The van der Waals surface area contributed by atoms with Crippen molar-refractivity contribution in [2.45, 2.75) is 25.8 Å². The van der Waals surface area contributed by atoms with Gasteiger partial charge in [-0.25, -0.2) is 0 Å². The van der Waals surface area contributed by atoms with Gasteiger partial charge in [0.2, 0.25) is 5.91 Å².